The third-order valence-corrected chi connectivity index (χ3v) is 5.27. The molecule has 3 aromatic rings. The molecule has 2 amide bonds. The summed E-state index contributed by atoms with van der Waals surface area (Å²) in [7, 11) is 0. The number of para-hydroxylation sites is 1. The lowest BCUT2D eigenvalue weighted by Gasteiger charge is -2.11. The molecule has 7 heteroatoms. The Morgan fingerprint density at radius 1 is 1.21 bits per heavy atom. The van der Waals surface area contributed by atoms with Gasteiger partial charge in [0, 0.05) is 5.39 Å². The summed E-state index contributed by atoms with van der Waals surface area (Å²) in [5.74, 6) is -0.747. The zero-order valence-electron chi connectivity index (χ0n) is 12.9. The number of nitrogens with zero attached hydrogens (tertiary/aromatic N) is 1. The summed E-state index contributed by atoms with van der Waals surface area (Å²) in [5.41, 5.74) is 6.51. The molecule has 0 saturated carbocycles. The lowest BCUT2D eigenvalue weighted by molar-refractivity contribution is -0.115. The summed E-state index contributed by atoms with van der Waals surface area (Å²) >= 11 is 2.64. The maximum absolute atomic E-state index is 12.3. The Morgan fingerprint density at radius 2 is 2.00 bits per heavy atom. The number of thioether (sulfide) groups is 1. The molecule has 1 aromatic carbocycles. The van der Waals surface area contributed by atoms with E-state index in [0.717, 1.165) is 15.9 Å². The van der Waals surface area contributed by atoms with Gasteiger partial charge in [0.2, 0.25) is 5.91 Å². The third-order valence-electron chi connectivity index (χ3n) is 3.41. The van der Waals surface area contributed by atoms with Gasteiger partial charge in [0.25, 0.3) is 5.91 Å². The first-order chi connectivity index (χ1) is 11.5. The van der Waals surface area contributed by atoms with E-state index < -0.39 is 5.91 Å². The Labute approximate surface area is 147 Å². The Kier molecular flexibility index (Phi) is 4.82. The molecule has 122 valence electrons. The van der Waals surface area contributed by atoms with Gasteiger partial charge in [0.05, 0.1) is 21.4 Å². The molecule has 2 heterocycles. The van der Waals surface area contributed by atoms with Gasteiger partial charge in [-0.3, -0.25) is 9.59 Å². The van der Waals surface area contributed by atoms with Gasteiger partial charge in [-0.1, -0.05) is 36.0 Å². The molecule has 0 aliphatic heterocycles. The Hall–Kier alpha value is -2.38. The van der Waals surface area contributed by atoms with Gasteiger partial charge in [0.1, 0.15) is 5.00 Å². The summed E-state index contributed by atoms with van der Waals surface area (Å²) in [5, 5.41) is 6.43. The molecule has 1 atom stereocenters. The molecule has 0 bridgehead atoms. The normalized spacial score (nSPS) is 12.0. The minimum Gasteiger partial charge on any atom is -0.366 e. The van der Waals surface area contributed by atoms with Crippen molar-refractivity contribution in [3.63, 3.8) is 0 Å². The number of amides is 2. The van der Waals surface area contributed by atoms with Crippen LogP contribution in [0.2, 0.25) is 0 Å². The molecule has 0 spiro atoms. The second-order valence-electron chi connectivity index (χ2n) is 5.12. The molecule has 0 radical (unpaired) electrons. The second kappa shape index (κ2) is 7.02. The highest BCUT2D eigenvalue weighted by Gasteiger charge is 2.18. The number of nitrogens with two attached hydrogens (primary N) is 1. The maximum atomic E-state index is 12.3. The van der Waals surface area contributed by atoms with Crippen molar-refractivity contribution in [1.29, 1.82) is 0 Å². The largest absolute Gasteiger partial charge is 0.366 e. The fourth-order valence-electron chi connectivity index (χ4n) is 2.16. The number of rotatable bonds is 5. The van der Waals surface area contributed by atoms with E-state index in [0.29, 0.717) is 10.6 Å². The van der Waals surface area contributed by atoms with Crippen molar-refractivity contribution < 1.29 is 9.59 Å². The molecule has 0 aliphatic rings. The monoisotopic (exact) mass is 357 g/mol. The van der Waals surface area contributed by atoms with Crippen molar-refractivity contribution in [2.24, 2.45) is 5.73 Å². The first-order valence-corrected chi connectivity index (χ1v) is 9.01. The minimum absolute atomic E-state index is 0.195. The molecule has 2 aromatic heterocycles. The lowest BCUT2D eigenvalue weighted by Crippen LogP contribution is -2.23. The molecule has 0 aliphatic carbocycles. The predicted molar refractivity (Wildman–Crippen MR) is 98.5 cm³/mol. The van der Waals surface area contributed by atoms with E-state index in [1.54, 1.807) is 18.4 Å². The zero-order chi connectivity index (χ0) is 17.1. The van der Waals surface area contributed by atoms with E-state index in [-0.39, 0.29) is 11.2 Å². The summed E-state index contributed by atoms with van der Waals surface area (Å²) in [6, 6.07) is 13.3. The summed E-state index contributed by atoms with van der Waals surface area (Å²) in [6.45, 7) is 1.80. The van der Waals surface area contributed by atoms with Crippen LogP contribution in [0.5, 0.6) is 0 Å². The van der Waals surface area contributed by atoms with Crippen molar-refractivity contribution in [2.75, 3.05) is 5.32 Å². The van der Waals surface area contributed by atoms with Crippen molar-refractivity contribution in [2.45, 2.75) is 17.2 Å². The number of thiophene rings is 1. The van der Waals surface area contributed by atoms with Gasteiger partial charge in [-0.15, -0.1) is 11.3 Å². The highest BCUT2D eigenvalue weighted by molar-refractivity contribution is 8.00. The van der Waals surface area contributed by atoms with Gasteiger partial charge in [-0.2, -0.15) is 0 Å². The molecule has 3 N–H and O–H groups in total. The van der Waals surface area contributed by atoms with Crippen molar-refractivity contribution in [3.05, 3.63) is 53.4 Å². The van der Waals surface area contributed by atoms with Gasteiger partial charge < -0.3 is 11.1 Å². The third kappa shape index (κ3) is 3.58. The predicted octanol–water partition coefficient (Wildman–Crippen LogP) is 3.51. The van der Waals surface area contributed by atoms with E-state index in [1.165, 1.54) is 23.1 Å². The smallest absolute Gasteiger partial charge is 0.251 e. The quantitative estimate of drug-likeness (QED) is 0.684. The van der Waals surface area contributed by atoms with Crippen molar-refractivity contribution in [1.82, 2.24) is 4.98 Å². The van der Waals surface area contributed by atoms with Crippen molar-refractivity contribution >= 4 is 50.8 Å². The first kappa shape index (κ1) is 16.5. The van der Waals surface area contributed by atoms with Gasteiger partial charge in [-0.05, 0) is 30.5 Å². The Bertz CT molecular complexity index is 907. The number of primary amides is 1. The highest BCUT2D eigenvalue weighted by Crippen LogP contribution is 2.27. The van der Waals surface area contributed by atoms with E-state index >= 15 is 0 Å². The minimum atomic E-state index is -0.553. The number of pyridine rings is 1. The average Bonchev–Trinajstić information content (AvgIpc) is 3.03. The number of carbonyl (C=O) groups excluding carboxylic acids is 2. The van der Waals surface area contributed by atoms with Crippen LogP contribution in [0.25, 0.3) is 10.9 Å². The van der Waals surface area contributed by atoms with Crippen LogP contribution in [0.1, 0.15) is 17.3 Å². The fraction of sp³-hybridized carbons (Fsp3) is 0.118. The van der Waals surface area contributed by atoms with Crippen molar-refractivity contribution in [3.8, 4) is 0 Å². The number of benzene rings is 1. The standard InChI is InChI=1S/C17H15N3O2S2/c1-10(16(22)20-17-12(15(18)21)8-9-23-17)24-14-7-6-11-4-2-3-5-13(11)19-14/h2-10H,1H3,(H2,18,21)(H,20,22)/t10-/m0/s1. The maximum Gasteiger partial charge on any atom is 0.251 e. The number of carbonyl (C=O) groups is 2. The van der Waals surface area contributed by atoms with Crippen LogP contribution >= 0.6 is 23.1 Å². The second-order valence-corrected chi connectivity index (χ2v) is 7.40. The topological polar surface area (TPSA) is 85.1 Å². The fourth-order valence-corrected chi connectivity index (χ4v) is 3.78. The van der Waals surface area contributed by atoms with Gasteiger partial charge in [0.15, 0.2) is 0 Å². The molecule has 0 fully saturated rings. The van der Waals surface area contributed by atoms with E-state index in [4.69, 9.17) is 5.73 Å². The number of aromatic nitrogens is 1. The van der Waals surface area contributed by atoms with E-state index in [2.05, 4.69) is 10.3 Å². The van der Waals surface area contributed by atoms with Crippen LogP contribution in [0, 0.1) is 0 Å². The van der Waals surface area contributed by atoms with Crippen LogP contribution < -0.4 is 11.1 Å². The van der Waals surface area contributed by atoms with Crippen LogP contribution in [0.15, 0.2) is 52.9 Å². The van der Waals surface area contributed by atoms with E-state index in [1.807, 2.05) is 36.4 Å². The lowest BCUT2D eigenvalue weighted by atomic mass is 10.2. The molecule has 24 heavy (non-hydrogen) atoms. The zero-order valence-corrected chi connectivity index (χ0v) is 14.5. The average molecular weight is 357 g/mol. The molecule has 5 nitrogen and oxygen atoms in total. The SMILES string of the molecule is C[C@H](Sc1ccc2ccccc2n1)C(=O)Nc1sccc1C(N)=O. The molecular formula is C17H15N3O2S2. The molecule has 0 saturated heterocycles. The van der Waals surface area contributed by atoms with Crippen LogP contribution in [-0.4, -0.2) is 22.0 Å². The van der Waals surface area contributed by atoms with Gasteiger partial charge in [-0.25, -0.2) is 4.98 Å². The highest BCUT2D eigenvalue weighted by atomic mass is 32.2. The van der Waals surface area contributed by atoms with Gasteiger partial charge >= 0.3 is 0 Å². The first-order valence-electron chi connectivity index (χ1n) is 7.25. The Morgan fingerprint density at radius 3 is 2.79 bits per heavy atom. The van der Waals surface area contributed by atoms with Crippen LogP contribution in [0.4, 0.5) is 5.00 Å². The van der Waals surface area contributed by atoms with Crippen LogP contribution in [-0.2, 0) is 4.79 Å². The molecule has 3 rings (SSSR count). The summed E-state index contributed by atoms with van der Waals surface area (Å²) < 4.78 is 0. The number of fused-ring (bicyclic) bond motifs is 1. The molecule has 0 unspecified atom stereocenters. The summed E-state index contributed by atoms with van der Waals surface area (Å²) in [6.07, 6.45) is 0. The number of nitrogens with one attached hydrogen (secondary N) is 1. The van der Waals surface area contributed by atoms with E-state index in [9.17, 15) is 9.59 Å². The number of hydrogen-bond donors (Lipinski definition) is 2. The summed E-state index contributed by atoms with van der Waals surface area (Å²) in [4.78, 5) is 28.2. The van der Waals surface area contributed by atoms with Crippen LogP contribution in [0.3, 0.4) is 0 Å². The number of anilines is 1. The molecular weight excluding hydrogens is 342 g/mol. The Balaban J connectivity index is 1.71. The number of hydrogen-bond acceptors (Lipinski definition) is 5.